The lowest BCUT2D eigenvalue weighted by atomic mass is 9.99. The van der Waals surface area contributed by atoms with Gasteiger partial charge < -0.3 is 10.2 Å². The van der Waals surface area contributed by atoms with Gasteiger partial charge >= 0.3 is 0 Å². The standard InChI is InChI=1S/C42H40ClN7O4S2/c43-31-15-13-29(14-16-31)35-10-5-4-7-30(35)27-48-21-23-49(24-22-48)32-17-19-36-39(25-32)44-28-45-42(36)47-56(53,54)34-18-20-37(40(26-34)50(51)52)46-38-11-6-12-41(38)55-33-8-2-1-3-9-33/h1-5,7-10,13-20,25-26,28,38,41,46H,6,11-12,21-24,27H2,(H,44,45,47). The summed E-state index contributed by atoms with van der Waals surface area (Å²) in [5, 5.41) is 17.1. The number of hydrogen-bond donors (Lipinski definition) is 2. The van der Waals surface area contributed by atoms with Crippen LogP contribution in [-0.2, 0) is 16.6 Å². The minimum absolute atomic E-state index is 0.00360. The van der Waals surface area contributed by atoms with Crippen LogP contribution in [0.5, 0.6) is 0 Å². The highest BCUT2D eigenvalue weighted by atomic mass is 35.5. The lowest BCUT2D eigenvalue weighted by Gasteiger charge is -2.36. The van der Waals surface area contributed by atoms with Gasteiger partial charge in [0.1, 0.15) is 12.0 Å². The van der Waals surface area contributed by atoms with Gasteiger partial charge in [-0.15, -0.1) is 11.8 Å². The number of fused-ring (bicyclic) bond motifs is 1. The van der Waals surface area contributed by atoms with Crippen LogP contribution in [0, 0.1) is 10.1 Å². The van der Waals surface area contributed by atoms with Gasteiger partial charge in [0.25, 0.3) is 15.7 Å². The fraction of sp³-hybridized carbons (Fsp3) is 0.238. The Morgan fingerprint density at radius 3 is 2.41 bits per heavy atom. The van der Waals surface area contributed by atoms with E-state index in [-0.39, 0.29) is 27.7 Å². The van der Waals surface area contributed by atoms with Gasteiger partial charge in [-0.2, -0.15) is 0 Å². The average molecular weight is 806 g/mol. The highest BCUT2D eigenvalue weighted by Crippen LogP contribution is 2.39. The van der Waals surface area contributed by atoms with Crippen molar-refractivity contribution < 1.29 is 13.3 Å². The fourth-order valence-corrected chi connectivity index (χ4v) is 10.0. The van der Waals surface area contributed by atoms with Crippen LogP contribution in [0.3, 0.4) is 0 Å². The third-order valence-electron chi connectivity index (χ3n) is 10.5. The molecule has 2 atom stereocenters. The van der Waals surface area contributed by atoms with E-state index in [4.69, 9.17) is 11.6 Å². The van der Waals surface area contributed by atoms with Crippen LogP contribution < -0.4 is 14.9 Å². The Kier molecular flexibility index (Phi) is 11.1. The molecule has 0 spiro atoms. The fourth-order valence-electron chi connectivity index (χ4n) is 7.54. The number of piperazine rings is 1. The number of nitrogens with zero attached hydrogens (tertiary/aromatic N) is 5. The van der Waals surface area contributed by atoms with Crippen molar-refractivity contribution in [3.63, 3.8) is 0 Å². The Morgan fingerprint density at radius 2 is 1.62 bits per heavy atom. The lowest BCUT2D eigenvalue weighted by Crippen LogP contribution is -2.46. The first kappa shape index (κ1) is 37.7. The molecule has 14 heteroatoms. The lowest BCUT2D eigenvalue weighted by molar-refractivity contribution is -0.384. The van der Waals surface area contributed by atoms with Crippen molar-refractivity contribution in [2.45, 2.75) is 46.9 Å². The summed E-state index contributed by atoms with van der Waals surface area (Å²) in [6.07, 6.45) is 4.16. The maximum Gasteiger partial charge on any atom is 0.293 e. The molecule has 1 saturated carbocycles. The van der Waals surface area contributed by atoms with Crippen molar-refractivity contribution in [1.82, 2.24) is 14.9 Å². The second kappa shape index (κ2) is 16.5. The van der Waals surface area contributed by atoms with Crippen LogP contribution in [0.4, 0.5) is 22.9 Å². The van der Waals surface area contributed by atoms with Crippen LogP contribution in [0.2, 0.25) is 5.02 Å². The minimum atomic E-state index is -4.24. The van der Waals surface area contributed by atoms with Gasteiger partial charge in [-0.05, 0) is 84.1 Å². The van der Waals surface area contributed by atoms with E-state index in [9.17, 15) is 18.5 Å². The Hall–Kier alpha value is -5.21. The summed E-state index contributed by atoms with van der Waals surface area (Å²) in [7, 11) is -4.24. The Labute approximate surface area is 335 Å². The van der Waals surface area contributed by atoms with Crippen LogP contribution in [0.25, 0.3) is 22.0 Å². The second-order valence-electron chi connectivity index (χ2n) is 14.0. The van der Waals surface area contributed by atoms with E-state index in [0.717, 1.165) is 74.2 Å². The molecule has 0 amide bonds. The van der Waals surface area contributed by atoms with Crippen molar-refractivity contribution in [3.05, 3.63) is 142 Å². The molecule has 1 aliphatic heterocycles. The van der Waals surface area contributed by atoms with Crippen LogP contribution in [0.1, 0.15) is 24.8 Å². The maximum atomic E-state index is 13.7. The molecule has 56 heavy (non-hydrogen) atoms. The van der Waals surface area contributed by atoms with Gasteiger partial charge in [0.05, 0.1) is 15.3 Å². The molecular weight excluding hydrogens is 766 g/mol. The number of sulfonamides is 1. The Bertz CT molecular complexity index is 2470. The molecule has 8 rings (SSSR count). The van der Waals surface area contributed by atoms with E-state index in [1.54, 1.807) is 11.8 Å². The number of halogens is 1. The van der Waals surface area contributed by atoms with Gasteiger partial charge in [-0.1, -0.05) is 72.6 Å². The summed E-state index contributed by atoms with van der Waals surface area (Å²) in [6.45, 7) is 4.21. The number of nitro benzene ring substituents is 1. The number of benzene rings is 5. The smallest absolute Gasteiger partial charge is 0.293 e. The van der Waals surface area contributed by atoms with Crippen molar-refractivity contribution in [1.29, 1.82) is 0 Å². The van der Waals surface area contributed by atoms with Gasteiger partial charge in [0.2, 0.25) is 0 Å². The number of nitrogens with one attached hydrogen (secondary N) is 2. The summed E-state index contributed by atoms with van der Waals surface area (Å²) >= 11 is 7.89. The predicted molar refractivity (Wildman–Crippen MR) is 225 cm³/mol. The molecule has 11 nitrogen and oxygen atoms in total. The third-order valence-corrected chi connectivity index (χ3v) is 13.5. The van der Waals surface area contributed by atoms with Crippen LogP contribution >= 0.6 is 23.4 Å². The van der Waals surface area contributed by atoms with E-state index in [1.807, 2.05) is 48.5 Å². The predicted octanol–water partition coefficient (Wildman–Crippen LogP) is 9.11. The first-order chi connectivity index (χ1) is 27.2. The molecule has 0 radical (unpaired) electrons. The number of thioether (sulfide) groups is 1. The molecule has 2 aliphatic rings. The zero-order valence-electron chi connectivity index (χ0n) is 30.4. The van der Waals surface area contributed by atoms with E-state index in [2.05, 4.69) is 78.3 Å². The number of rotatable bonds is 12. The quantitative estimate of drug-likeness (QED) is 0.0912. The Morgan fingerprint density at radius 1 is 0.857 bits per heavy atom. The zero-order chi connectivity index (χ0) is 38.6. The van der Waals surface area contributed by atoms with Gasteiger partial charge in [0.15, 0.2) is 5.82 Å². The first-order valence-corrected chi connectivity index (χ1v) is 21.3. The molecule has 2 unspecified atom stereocenters. The monoisotopic (exact) mass is 805 g/mol. The highest BCUT2D eigenvalue weighted by molar-refractivity contribution is 8.00. The van der Waals surface area contributed by atoms with E-state index < -0.39 is 14.9 Å². The molecule has 6 aromatic rings. The topological polar surface area (TPSA) is 134 Å². The summed E-state index contributed by atoms with van der Waals surface area (Å²) in [6, 6.07) is 36.2. The normalized spacial score (nSPS) is 17.6. The molecule has 2 N–H and O–H groups in total. The zero-order valence-corrected chi connectivity index (χ0v) is 32.8. The largest absolute Gasteiger partial charge is 0.376 e. The maximum absolute atomic E-state index is 13.7. The highest BCUT2D eigenvalue weighted by Gasteiger charge is 2.31. The van der Waals surface area contributed by atoms with Gasteiger partial charge in [-0.3, -0.25) is 19.7 Å². The summed E-state index contributed by atoms with van der Waals surface area (Å²) in [5.41, 5.74) is 5.16. The van der Waals surface area contributed by atoms with Gasteiger partial charge in [-0.25, -0.2) is 18.4 Å². The third kappa shape index (κ3) is 8.46. The molecule has 1 aromatic heterocycles. The number of hydrogen-bond acceptors (Lipinski definition) is 10. The minimum Gasteiger partial charge on any atom is -0.376 e. The summed E-state index contributed by atoms with van der Waals surface area (Å²) in [5.74, 6) is 0.0994. The number of anilines is 3. The molecule has 2 heterocycles. The van der Waals surface area contributed by atoms with Crippen molar-refractivity contribution in [2.75, 3.05) is 41.1 Å². The second-order valence-corrected chi connectivity index (χ2v) is 17.5. The molecule has 286 valence electrons. The Balaban J connectivity index is 0.936. The van der Waals surface area contributed by atoms with Crippen LogP contribution in [0.15, 0.2) is 131 Å². The molecule has 2 fully saturated rings. The number of nitro groups is 1. The van der Waals surface area contributed by atoms with Crippen molar-refractivity contribution >= 4 is 67.2 Å². The van der Waals surface area contributed by atoms with E-state index in [0.29, 0.717) is 21.6 Å². The molecule has 5 aromatic carbocycles. The van der Waals surface area contributed by atoms with E-state index in [1.165, 1.54) is 29.6 Å². The van der Waals surface area contributed by atoms with Crippen molar-refractivity contribution in [2.24, 2.45) is 0 Å². The SMILES string of the molecule is O=[N+]([O-])c1cc(S(=O)(=O)Nc2ncnc3cc(N4CCN(Cc5ccccc5-c5ccc(Cl)cc5)CC4)ccc23)ccc1NC1CCCC1Sc1ccccc1. The average Bonchev–Trinajstić information content (AvgIpc) is 3.64. The van der Waals surface area contributed by atoms with Crippen molar-refractivity contribution in [3.8, 4) is 11.1 Å². The van der Waals surface area contributed by atoms with Crippen LogP contribution in [-0.4, -0.2) is 65.7 Å². The summed E-state index contributed by atoms with van der Waals surface area (Å²) in [4.78, 5) is 26.1. The molecular formula is C42H40ClN7O4S2. The molecule has 0 bridgehead atoms. The van der Waals surface area contributed by atoms with E-state index >= 15 is 0 Å². The van der Waals surface area contributed by atoms with Gasteiger partial charge in [0, 0.05) is 71.1 Å². The summed E-state index contributed by atoms with van der Waals surface area (Å²) < 4.78 is 29.9. The molecule has 1 saturated heterocycles. The molecule has 1 aliphatic carbocycles. The number of aromatic nitrogens is 2. The first-order valence-electron chi connectivity index (χ1n) is 18.6.